The lowest BCUT2D eigenvalue weighted by Gasteiger charge is -2.14. The highest BCUT2D eigenvalue weighted by molar-refractivity contribution is 5.98. The first-order valence-electron chi connectivity index (χ1n) is 8.49. The zero-order chi connectivity index (χ0) is 20.0. The summed E-state index contributed by atoms with van der Waals surface area (Å²) < 4.78 is 0. The first-order chi connectivity index (χ1) is 12.8. The third kappa shape index (κ3) is 5.85. The van der Waals surface area contributed by atoms with Gasteiger partial charge in [-0.05, 0) is 44.2 Å². The molecule has 2 aromatic rings. The average molecular weight is 368 g/mol. The molecule has 0 heterocycles. The molecule has 2 rings (SSSR count). The lowest BCUT2D eigenvalue weighted by molar-refractivity contribution is -0.120. The van der Waals surface area contributed by atoms with Gasteiger partial charge in [0.15, 0.2) is 0 Å². The predicted molar refractivity (Wildman–Crippen MR) is 105 cm³/mol. The summed E-state index contributed by atoms with van der Waals surface area (Å²) >= 11 is 0. The van der Waals surface area contributed by atoms with Crippen LogP contribution in [0.2, 0.25) is 0 Å². The molecule has 7 heteroatoms. The van der Waals surface area contributed by atoms with E-state index in [-0.39, 0.29) is 12.5 Å². The van der Waals surface area contributed by atoms with Crippen LogP contribution in [0.25, 0.3) is 0 Å². The number of nitrogens with one attached hydrogen (secondary N) is 3. The Kier molecular flexibility index (Phi) is 6.54. The minimum absolute atomic E-state index is 0.246. The maximum absolute atomic E-state index is 12.1. The van der Waals surface area contributed by atoms with Gasteiger partial charge in [0.25, 0.3) is 17.7 Å². The van der Waals surface area contributed by atoms with E-state index in [1.807, 2.05) is 45.0 Å². The number of hydrogen-bond donors (Lipinski definition) is 3. The van der Waals surface area contributed by atoms with Crippen molar-refractivity contribution in [3.63, 3.8) is 0 Å². The molecule has 3 N–H and O–H groups in total. The van der Waals surface area contributed by atoms with E-state index in [0.717, 1.165) is 16.8 Å². The van der Waals surface area contributed by atoms with Gasteiger partial charge in [0, 0.05) is 30.9 Å². The highest BCUT2D eigenvalue weighted by Crippen LogP contribution is 2.13. The van der Waals surface area contributed by atoms with Gasteiger partial charge in [0.05, 0.1) is 6.54 Å². The van der Waals surface area contributed by atoms with Gasteiger partial charge in [-0.1, -0.05) is 23.3 Å². The summed E-state index contributed by atoms with van der Waals surface area (Å²) in [6, 6.07) is 12.5. The predicted octanol–water partition coefficient (Wildman–Crippen LogP) is 1.56. The lowest BCUT2D eigenvalue weighted by Crippen LogP contribution is -2.46. The van der Waals surface area contributed by atoms with Crippen molar-refractivity contribution in [2.45, 2.75) is 13.8 Å². The molecule has 3 amide bonds. The SMILES string of the molecule is Cc1cc(C)cc(C(=O)NCC(=O)NNC(=O)c2cccc(N(C)C)c2)c1. The lowest BCUT2D eigenvalue weighted by atomic mass is 10.1. The van der Waals surface area contributed by atoms with Crippen LogP contribution in [0.5, 0.6) is 0 Å². The molecule has 0 aliphatic rings. The van der Waals surface area contributed by atoms with Crippen LogP contribution in [0, 0.1) is 13.8 Å². The number of rotatable bonds is 5. The van der Waals surface area contributed by atoms with Gasteiger partial charge in [-0.3, -0.25) is 25.2 Å². The van der Waals surface area contributed by atoms with Crippen molar-refractivity contribution in [1.29, 1.82) is 0 Å². The maximum atomic E-state index is 12.1. The van der Waals surface area contributed by atoms with E-state index >= 15 is 0 Å². The summed E-state index contributed by atoms with van der Waals surface area (Å²) in [5, 5.41) is 2.53. The van der Waals surface area contributed by atoms with E-state index in [2.05, 4.69) is 16.2 Å². The number of nitrogens with zero attached hydrogens (tertiary/aromatic N) is 1. The first kappa shape index (κ1) is 20.0. The van der Waals surface area contributed by atoms with Gasteiger partial charge in [0.1, 0.15) is 0 Å². The Bertz CT molecular complexity index is 842. The summed E-state index contributed by atoms with van der Waals surface area (Å²) in [6.07, 6.45) is 0. The molecule has 142 valence electrons. The van der Waals surface area contributed by atoms with Crippen molar-refractivity contribution < 1.29 is 14.4 Å². The molecule has 0 unspecified atom stereocenters. The van der Waals surface area contributed by atoms with Crippen LogP contribution < -0.4 is 21.1 Å². The summed E-state index contributed by atoms with van der Waals surface area (Å²) in [7, 11) is 3.74. The highest BCUT2D eigenvalue weighted by atomic mass is 16.2. The number of hydrazine groups is 1. The molecule has 0 saturated carbocycles. The van der Waals surface area contributed by atoms with Crippen molar-refractivity contribution in [3.8, 4) is 0 Å². The molecular weight excluding hydrogens is 344 g/mol. The summed E-state index contributed by atoms with van der Waals surface area (Å²) in [6.45, 7) is 3.55. The van der Waals surface area contributed by atoms with E-state index in [4.69, 9.17) is 0 Å². The maximum Gasteiger partial charge on any atom is 0.269 e. The van der Waals surface area contributed by atoms with Gasteiger partial charge in [0.2, 0.25) is 0 Å². The van der Waals surface area contributed by atoms with E-state index in [0.29, 0.717) is 11.1 Å². The quantitative estimate of drug-likeness (QED) is 0.699. The number of amides is 3. The fourth-order valence-electron chi connectivity index (χ4n) is 2.54. The molecule has 2 aromatic carbocycles. The summed E-state index contributed by atoms with van der Waals surface area (Å²) in [4.78, 5) is 38.0. The molecular formula is C20H24N4O3. The van der Waals surface area contributed by atoms with Crippen molar-refractivity contribution in [2.24, 2.45) is 0 Å². The Morgan fingerprint density at radius 1 is 0.852 bits per heavy atom. The first-order valence-corrected chi connectivity index (χ1v) is 8.49. The molecule has 7 nitrogen and oxygen atoms in total. The van der Waals surface area contributed by atoms with Crippen molar-refractivity contribution >= 4 is 23.4 Å². The van der Waals surface area contributed by atoms with Gasteiger partial charge < -0.3 is 10.2 Å². The normalized spacial score (nSPS) is 10.1. The third-order valence-corrected chi connectivity index (χ3v) is 3.83. The fourth-order valence-corrected chi connectivity index (χ4v) is 2.54. The third-order valence-electron chi connectivity index (χ3n) is 3.83. The van der Waals surface area contributed by atoms with E-state index in [1.54, 1.807) is 30.3 Å². The Morgan fingerprint density at radius 3 is 2.15 bits per heavy atom. The van der Waals surface area contributed by atoms with Crippen molar-refractivity contribution in [1.82, 2.24) is 16.2 Å². The minimum atomic E-state index is -0.523. The zero-order valence-corrected chi connectivity index (χ0v) is 15.9. The van der Waals surface area contributed by atoms with Crippen molar-refractivity contribution in [3.05, 3.63) is 64.7 Å². The van der Waals surface area contributed by atoms with Crippen LogP contribution in [0.1, 0.15) is 31.8 Å². The Hall–Kier alpha value is -3.35. The Morgan fingerprint density at radius 2 is 1.52 bits per heavy atom. The van der Waals surface area contributed by atoms with Crippen molar-refractivity contribution in [2.75, 3.05) is 25.5 Å². The summed E-state index contributed by atoms with van der Waals surface area (Å²) in [5.74, 6) is -1.31. The van der Waals surface area contributed by atoms with E-state index in [9.17, 15) is 14.4 Å². The Balaban J connectivity index is 1.84. The summed E-state index contributed by atoms with van der Waals surface area (Å²) in [5.41, 5.74) is 8.35. The molecule has 0 radical (unpaired) electrons. The monoisotopic (exact) mass is 368 g/mol. The van der Waals surface area contributed by atoms with Crippen LogP contribution in [0.15, 0.2) is 42.5 Å². The molecule has 0 fully saturated rings. The van der Waals surface area contributed by atoms with E-state index in [1.165, 1.54) is 0 Å². The number of carbonyl (C=O) groups excluding carboxylic acids is 3. The second-order valence-corrected chi connectivity index (χ2v) is 6.51. The minimum Gasteiger partial charge on any atom is -0.378 e. The average Bonchev–Trinajstić information content (AvgIpc) is 2.63. The molecule has 0 aliphatic heterocycles. The number of aryl methyl sites for hydroxylation is 2. The van der Waals surface area contributed by atoms with Gasteiger partial charge in [-0.15, -0.1) is 0 Å². The molecule has 27 heavy (non-hydrogen) atoms. The fraction of sp³-hybridized carbons (Fsp3) is 0.250. The smallest absolute Gasteiger partial charge is 0.269 e. The van der Waals surface area contributed by atoms with Gasteiger partial charge in [-0.25, -0.2) is 0 Å². The second kappa shape index (κ2) is 8.84. The number of anilines is 1. The van der Waals surface area contributed by atoms with Crippen LogP contribution in [0.3, 0.4) is 0 Å². The highest BCUT2D eigenvalue weighted by Gasteiger charge is 2.11. The van der Waals surface area contributed by atoms with Crippen LogP contribution in [-0.2, 0) is 4.79 Å². The molecule has 0 aliphatic carbocycles. The molecule has 0 spiro atoms. The molecule has 0 aromatic heterocycles. The zero-order valence-electron chi connectivity index (χ0n) is 15.9. The molecule has 0 atom stereocenters. The van der Waals surface area contributed by atoms with E-state index < -0.39 is 11.8 Å². The largest absolute Gasteiger partial charge is 0.378 e. The molecule has 0 bridgehead atoms. The standard InChI is InChI=1S/C20H24N4O3/c1-13-8-14(2)10-16(9-13)19(26)21-12-18(25)22-23-20(27)15-6-5-7-17(11-15)24(3)4/h5-11H,12H2,1-4H3,(H,21,26)(H,22,25)(H,23,27). The topological polar surface area (TPSA) is 90.5 Å². The number of carbonyl (C=O) groups is 3. The second-order valence-electron chi connectivity index (χ2n) is 6.51. The van der Waals surface area contributed by atoms with Crippen LogP contribution in [0.4, 0.5) is 5.69 Å². The van der Waals surface area contributed by atoms with Crippen LogP contribution >= 0.6 is 0 Å². The Labute approximate surface area is 158 Å². The molecule has 0 saturated heterocycles. The number of hydrogen-bond acceptors (Lipinski definition) is 4. The van der Waals surface area contributed by atoms with Gasteiger partial charge >= 0.3 is 0 Å². The number of benzene rings is 2. The van der Waals surface area contributed by atoms with Crippen LogP contribution in [-0.4, -0.2) is 38.4 Å². The van der Waals surface area contributed by atoms with Gasteiger partial charge in [-0.2, -0.15) is 0 Å².